The second-order valence-corrected chi connectivity index (χ2v) is 8.32. The minimum atomic E-state index is -1.86. The first-order valence-corrected chi connectivity index (χ1v) is 10.7. The maximum atomic E-state index is 12.9. The van der Waals surface area contributed by atoms with Crippen LogP contribution in [0.4, 0.5) is 5.69 Å². The fourth-order valence-electron chi connectivity index (χ4n) is 3.65. The normalized spacial score (nSPS) is 20.9. The van der Waals surface area contributed by atoms with Gasteiger partial charge >= 0.3 is 0 Å². The van der Waals surface area contributed by atoms with Gasteiger partial charge in [0.25, 0.3) is 11.3 Å². The molecule has 0 aromatic heterocycles. The predicted molar refractivity (Wildman–Crippen MR) is 118 cm³/mol. The second-order valence-electron chi connectivity index (χ2n) is 7.22. The Morgan fingerprint density at radius 2 is 1.84 bits per heavy atom. The Hall–Kier alpha value is -3.36. The molecule has 160 valence electrons. The summed E-state index contributed by atoms with van der Waals surface area (Å²) in [4.78, 5) is 36.0. The molecule has 0 saturated carbocycles. The van der Waals surface area contributed by atoms with E-state index in [1.54, 1.807) is 36.5 Å². The average Bonchev–Trinajstić information content (AvgIpc) is 3.16. The van der Waals surface area contributed by atoms with Gasteiger partial charge < -0.3 is 5.32 Å². The number of rotatable bonds is 6. The maximum Gasteiger partial charge on any atom is 0.264 e. The van der Waals surface area contributed by atoms with Crippen molar-refractivity contribution in [3.8, 4) is 0 Å². The summed E-state index contributed by atoms with van der Waals surface area (Å²) in [5, 5.41) is 2.68. The molecule has 2 aromatic rings. The average molecular weight is 439 g/mol. The van der Waals surface area contributed by atoms with E-state index in [4.69, 9.17) is 4.18 Å². The first kappa shape index (κ1) is 20.9. The first-order chi connectivity index (χ1) is 14.9. The second kappa shape index (κ2) is 8.79. The van der Waals surface area contributed by atoms with Gasteiger partial charge in [-0.25, -0.2) is 4.21 Å². The lowest BCUT2D eigenvalue weighted by Gasteiger charge is -2.27. The molecule has 0 saturated heterocycles. The number of carbonyl (C=O) groups excluding carboxylic acids is 3. The van der Waals surface area contributed by atoms with Crippen LogP contribution in [-0.4, -0.2) is 32.0 Å². The third kappa shape index (κ3) is 4.40. The van der Waals surface area contributed by atoms with Crippen molar-refractivity contribution in [2.24, 2.45) is 5.92 Å². The zero-order valence-corrected chi connectivity index (χ0v) is 17.5. The van der Waals surface area contributed by atoms with Crippen LogP contribution in [0.15, 0.2) is 72.9 Å². The lowest BCUT2D eigenvalue weighted by atomic mass is 9.82. The molecule has 7 nitrogen and oxygen atoms in total. The number of anilines is 1. The quantitative estimate of drug-likeness (QED) is 0.700. The zero-order valence-electron chi connectivity index (χ0n) is 16.7. The SMILES string of the molecule is CC(=O)Nc1ccc(C2=CN(S(=O)OCc3ccccc3)C3C=CC(=O)C(=O)C23)cc1.[HH]. The van der Waals surface area contributed by atoms with Gasteiger partial charge in [-0.2, -0.15) is 0 Å². The largest absolute Gasteiger partial charge is 0.326 e. The fourth-order valence-corrected chi connectivity index (χ4v) is 4.60. The monoisotopic (exact) mass is 438 g/mol. The Bertz CT molecular complexity index is 1110. The Morgan fingerprint density at radius 3 is 2.52 bits per heavy atom. The van der Waals surface area contributed by atoms with Crippen molar-refractivity contribution in [3.63, 3.8) is 0 Å². The zero-order chi connectivity index (χ0) is 22.0. The highest BCUT2D eigenvalue weighted by molar-refractivity contribution is 7.77. The van der Waals surface area contributed by atoms with E-state index in [0.717, 1.165) is 5.56 Å². The molecule has 2 aromatic carbocycles. The summed E-state index contributed by atoms with van der Waals surface area (Å²) in [6.45, 7) is 1.56. The highest BCUT2D eigenvalue weighted by Crippen LogP contribution is 2.40. The predicted octanol–water partition coefficient (Wildman–Crippen LogP) is 3.04. The number of hydrogen-bond acceptors (Lipinski definition) is 5. The van der Waals surface area contributed by atoms with Crippen molar-refractivity contribution in [1.82, 2.24) is 4.31 Å². The Kier molecular flexibility index (Phi) is 5.92. The van der Waals surface area contributed by atoms with Gasteiger partial charge in [-0.3, -0.25) is 22.9 Å². The number of nitrogens with zero attached hydrogens (tertiary/aromatic N) is 1. The number of ketones is 2. The van der Waals surface area contributed by atoms with Gasteiger partial charge in [0, 0.05) is 20.2 Å². The fraction of sp³-hybridized carbons (Fsp3) is 0.174. The standard InChI is InChI=1S/C23H20N2O5S.H2/c1-15(26)24-18-9-7-17(8-10-18)19-13-25(20-11-12-21(27)23(28)22(19)20)31(29)30-14-16-5-3-2-4-6-16;/h2-13,20,22H,14H2,1H3,(H,24,26);1H. The van der Waals surface area contributed by atoms with Crippen LogP contribution in [0.1, 0.15) is 19.5 Å². The van der Waals surface area contributed by atoms with Gasteiger partial charge in [0.05, 0.1) is 18.6 Å². The number of fused-ring (bicyclic) bond motifs is 1. The van der Waals surface area contributed by atoms with Crippen molar-refractivity contribution in [3.05, 3.63) is 84.1 Å². The molecular weight excluding hydrogens is 416 g/mol. The van der Waals surface area contributed by atoms with Crippen LogP contribution in [0.25, 0.3) is 5.57 Å². The molecule has 1 amide bonds. The summed E-state index contributed by atoms with van der Waals surface area (Å²) in [6.07, 6.45) is 4.43. The molecule has 0 bridgehead atoms. The molecule has 4 rings (SSSR count). The summed E-state index contributed by atoms with van der Waals surface area (Å²) in [5.41, 5.74) is 2.76. The molecule has 8 heteroatoms. The molecule has 0 spiro atoms. The number of amides is 1. The highest BCUT2D eigenvalue weighted by Gasteiger charge is 2.45. The molecule has 0 fully saturated rings. The molecule has 2 aliphatic rings. The van der Waals surface area contributed by atoms with Crippen LogP contribution in [0.2, 0.25) is 0 Å². The molecule has 31 heavy (non-hydrogen) atoms. The van der Waals surface area contributed by atoms with E-state index in [0.29, 0.717) is 16.8 Å². The number of carbonyl (C=O) groups is 3. The van der Waals surface area contributed by atoms with E-state index in [1.165, 1.54) is 17.3 Å². The smallest absolute Gasteiger partial charge is 0.264 e. The van der Waals surface area contributed by atoms with E-state index in [9.17, 15) is 18.6 Å². The number of Topliss-reactive ketones (excluding diaryl/α,β-unsaturated/α-hetero) is 1. The van der Waals surface area contributed by atoms with Gasteiger partial charge in [0.15, 0.2) is 0 Å². The van der Waals surface area contributed by atoms with Gasteiger partial charge in [-0.1, -0.05) is 48.5 Å². The van der Waals surface area contributed by atoms with Crippen LogP contribution >= 0.6 is 0 Å². The molecule has 1 aliphatic heterocycles. The van der Waals surface area contributed by atoms with Crippen LogP contribution in [0.5, 0.6) is 0 Å². The topological polar surface area (TPSA) is 92.8 Å². The maximum absolute atomic E-state index is 12.9. The van der Waals surface area contributed by atoms with E-state index >= 15 is 0 Å². The molecule has 1 aliphatic carbocycles. The van der Waals surface area contributed by atoms with Crippen LogP contribution in [0, 0.1) is 5.92 Å². The van der Waals surface area contributed by atoms with Gasteiger partial charge in [-0.15, -0.1) is 0 Å². The van der Waals surface area contributed by atoms with Gasteiger partial charge in [0.1, 0.15) is 0 Å². The number of hydrogen-bond donors (Lipinski definition) is 1. The first-order valence-electron chi connectivity index (χ1n) is 9.67. The van der Waals surface area contributed by atoms with Crippen molar-refractivity contribution in [2.75, 3.05) is 5.32 Å². The van der Waals surface area contributed by atoms with Crippen molar-refractivity contribution < 1.29 is 24.2 Å². The Morgan fingerprint density at radius 1 is 1.13 bits per heavy atom. The Balaban J connectivity index is 0.00000289. The van der Waals surface area contributed by atoms with Crippen LogP contribution in [0.3, 0.4) is 0 Å². The van der Waals surface area contributed by atoms with Crippen molar-refractivity contribution in [1.29, 1.82) is 0 Å². The third-order valence-corrected chi connectivity index (χ3v) is 6.10. The number of benzene rings is 2. The van der Waals surface area contributed by atoms with Crippen LogP contribution < -0.4 is 5.32 Å². The number of allylic oxidation sites excluding steroid dienone is 1. The summed E-state index contributed by atoms with van der Waals surface area (Å²) < 4.78 is 19.9. The van der Waals surface area contributed by atoms with E-state index in [1.807, 2.05) is 30.3 Å². The summed E-state index contributed by atoms with van der Waals surface area (Å²) >= 11 is -1.86. The van der Waals surface area contributed by atoms with Crippen LogP contribution in [-0.2, 0) is 36.4 Å². The van der Waals surface area contributed by atoms with E-state index in [-0.39, 0.29) is 13.9 Å². The highest BCUT2D eigenvalue weighted by atomic mass is 32.2. The molecule has 3 unspecified atom stereocenters. The lowest BCUT2D eigenvalue weighted by molar-refractivity contribution is -0.136. The molecule has 3 atom stereocenters. The summed E-state index contributed by atoms with van der Waals surface area (Å²) in [5.74, 6) is -2.09. The third-order valence-electron chi connectivity index (χ3n) is 5.09. The summed E-state index contributed by atoms with van der Waals surface area (Å²) in [7, 11) is 0. The van der Waals surface area contributed by atoms with E-state index < -0.39 is 34.8 Å². The molecule has 1 N–H and O–H groups in total. The summed E-state index contributed by atoms with van der Waals surface area (Å²) in [6, 6.07) is 15.7. The van der Waals surface area contributed by atoms with Gasteiger partial charge in [-0.05, 0) is 34.9 Å². The Labute approximate surface area is 183 Å². The van der Waals surface area contributed by atoms with Gasteiger partial charge in [0.2, 0.25) is 17.5 Å². The van der Waals surface area contributed by atoms with E-state index in [2.05, 4.69) is 5.32 Å². The molecule has 1 heterocycles. The molecular formula is C23H22N2O5S. The molecule has 0 radical (unpaired) electrons. The number of nitrogens with one attached hydrogen (secondary N) is 1. The van der Waals surface area contributed by atoms with Crippen molar-refractivity contribution >= 4 is 40.0 Å². The lowest BCUT2D eigenvalue weighted by Crippen LogP contribution is -2.41. The minimum absolute atomic E-state index is 0. The minimum Gasteiger partial charge on any atom is -0.326 e. The van der Waals surface area contributed by atoms with Crippen molar-refractivity contribution in [2.45, 2.75) is 19.6 Å².